The van der Waals surface area contributed by atoms with Crippen molar-refractivity contribution in [2.45, 2.75) is 51.9 Å². The summed E-state index contributed by atoms with van der Waals surface area (Å²) in [4.78, 5) is 4.25. The molecule has 0 aliphatic heterocycles. The van der Waals surface area contributed by atoms with Crippen molar-refractivity contribution in [3.05, 3.63) is 47.1 Å². The molecule has 0 bridgehead atoms. The molecule has 0 saturated heterocycles. The Kier molecular flexibility index (Phi) is 5.41. The summed E-state index contributed by atoms with van der Waals surface area (Å²) in [5.74, 6) is 1.12. The third-order valence-corrected chi connectivity index (χ3v) is 3.50. The van der Waals surface area contributed by atoms with Gasteiger partial charge in [-0.25, -0.2) is 0 Å². The van der Waals surface area contributed by atoms with Gasteiger partial charge >= 0.3 is 6.18 Å². The van der Waals surface area contributed by atoms with Gasteiger partial charge in [0.1, 0.15) is 0 Å². The average Bonchev–Trinajstić information content (AvgIpc) is 2.95. The van der Waals surface area contributed by atoms with Crippen LogP contribution in [0.5, 0.6) is 0 Å². The molecular formula is C16H20F3N3O. The van der Waals surface area contributed by atoms with Crippen LogP contribution in [0.15, 0.2) is 28.8 Å². The third kappa shape index (κ3) is 4.79. The van der Waals surface area contributed by atoms with Crippen molar-refractivity contribution < 1.29 is 17.7 Å². The number of aryl methyl sites for hydroxylation is 1. The normalized spacial score (nSPS) is 14.7. The highest BCUT2D eigenvalue weighted by atomic mass is 19.4. The van der Waals surface area contributed by atoms with Gasteiger partial charge in [-0.05, 0) is 31.9 Å². The van der Waals surface area contributed by atoms with Crippen molar-refractivity contribution in [2.24, 2.45) is 0 Å². The van der Waals surface area contributed by atoms with Crippen LogP contribution in [-0.2, 0) is 19.0 Å². The van der Waals surface area contributed by atoms with E-state index in [1.807, 2.05) is 20.8 Å². The van der Waals surface area contributed by atoms with E-state index in [2.05, 4.69) is 15.5 Å². The summed E-state index contributed by atoms with van der Waals surface area (Å²) in [6.07, 6.45) is -3.15. The van der Waals surface area contributed by atoms with E-state index in [4.69, 9.17) is 4.52 Å². The standard InChI is InChI=1S/C16H20F3N3O/c1-4-14-21-15(23-22-14)11(3)20-10(2)8-12-6-5-7-13(9-12)16(17,18)19/h5-7,9-11,20H,4,8H2,1-3H3/t10-,11+/m0/s1. The van der Waals surface area contributed by atoms with Crippen LogP contribution < -0.4 is 5.32 Å². The van der Waals surface area contributed by atoms with Crippen molar-refractivity contribution in [1.82, 2.24) is 15.5 Å². The molecule has 4 nitrogen and oxygen atoms in total. The number of hydrogen-bond donors (Lipinski definition) is 1. The second-order valence-electron chi connectivity index (χ2n) is 5.59. The molecule has 1 heterocycles. The molecule has 2 aromatic rings. The Morgan fingerprint density at radius 3 is 2.61 bits per heavy atom. The second kappa shape index (κ2) is 7.12. The van der Waals surface area contributed by atoms with Gasteiger partial charge in [0.05, 0.1) is 11.6 Å². The Hall–Kier alpha value is -1.89. The van der Waals surface area contributed by atoms with Crippen molar-refractivity contribution >= 4 is 0 Å². The number of alkyl halides is 3. The number of halogens is 3. The minimum atomic E-state index is -4.32. The zero-order valence-electron chi connectivity index (χ0n) is 13.3. The highest BCUT2D eigenvalue weighted by Gasteiger charge is 2.30. The lowest BCUT2D eigenvalue weighted by Gasteiger charge is -2.18. The van der Waals surface area contributed by atoms with E-state index < -0.39 is 11.7 Å². The maximum absolute atomic E-state index is 12.7. The first-order chi connectivity index (χ1) is 10.8. The summed E-state index contributed by atoms with van der Waals surface area (Å²) < 4.78 is 43.3. The van der Waals surface area contributed by atoms with E-state index >= 15 is 0 Å². The second-order valence-corrected chi connectivity index (χ2v) is 5.59. The number of hydrogen-bond acceptors (Lipinski definition) is 4. The van der Waals surface area contributed by atoms with Gasteiger partial charge in [0.2, 0.25) is 5.89 Å². The molecule has 126 valence electrons. The first kappa shape index (κ1) is 17.5. The van der Waals surface area contributed by atoms with Crippen molar-refractivity contribution in [1.29, 1.82) is 0 Å². The van der Waals surface area contributed by atoms with Crippen LogP contribution in [0.2, 0.25) is 0 Å². The van der Waals surface area contributed by atoms with Crippen molar-refractivity contribution in [2.75, 3.05) is 0 Å². The molecule has 1 aromatic carbocycles. The van der Waals surface area contributed by atoms with Gasteiger partial charge in [0.25, 0.3) is 0 Å². The van der Waals surface area contributed by atoms with E-state index in [-0.39, 0.29) is 12.1 Å². The molecule has 0 amide bonds. The zero-order valence-corrected chi connectivity index (χ0v) is 13.3. The Morgan fingerprint density at radius 2 is 2.00 bits per heavy atom. The predicted octanol–water partition coefficient (Wildman–Crippen LogP) is 3.93. The number of nitrogens with zero attached hydrogens (tertiary/aromatic N) is 2. The SMILES string of the molecule is CCc1noc([C@@H](C)N[C@@H](C)Cc2cccc(C(F)(F)F)c2)n1. The average molecular weight is 327 g/mol. The van der Waals surface area contributed by atoms with E-state index in [9.17, 15) is 13.2 Å². The van der Waals surface area contributed by atoms with Gasteiger partial charge in [0, 0.05) is 12.5 Å². The first-order valence-corrected chi connectivity index (χ1v) is 7.54. The topological polar surface area (TPSA) is 51.0 Å². The maximum Gasteiger partial charge on any atom is 0.416 e. The third-order valence-electron chi connectivity index (χ3n) is 3.50. The number of rotatable bonds is 6. The molecule has 23 heavy (non-hydrogen) atoms. The molecule has 7 heteroatoms. The molecule has 2 atom stereocenters. The number of aromatic nitrogens is 2. The minimum Gasteiger partial charge on any atom is -0.338 e. The Morgan fingerprint density at radius 1 is 1.26 bits per heavy atom. The summed E-state index contributed by atoms with van der Waals surface area (Å²) >= 11 is 0. The van der Waals surface area contributed by atoms with Crippen LogP contribution in [0.1, 0.15) is 49.7 Å². The monoisotopic (exact) mass is 327 g/mol. The van der Waals surface area contributed by atoms with Crippen LogP contribution in [0.4, 0.5) is 13.2 Å². The van der Waals surface area contributed by atoms with Gasteiger partial charge in [-0.3, -0.25) is 0 Å². The van der Waals surface area contributed by atoms with Gasteiger partial charge in [-0.15, -0.1) is 0 Å². The van der Waals surface area contributed by atoms with Crippen LogP contribution in [0.25, 0.3) is 0 Å². The van der Waals surface area contributed by atoms with E-state index in [1.165, 1.54) is 12.1 Å². The van der Waals surface area contributed by atoms with Crippen LogP contribution in [0.3, 0.4) is 0 Å². The lowest BCUT2D eigenvalue weighted by Crippen LogP contribution is -2.31. The van der Waals surface area contributed by atoms with Gasteiger partial charge < -0.3 is 9.84 Å². The molecule has 0 aliphatic carbocycles. The summed E-state index contributed by atoms with van der Waals surface area (Å²) in [5, 5.41) is 7.10. The predicted molar refractivity (Wildman–Crippen MR) is 79.8 cm³/mol. The fraction of sp³-hybridized carbons (Fsp3) is 0.500. The zero-order chi connectivity index (χ0) is 17.0. The summed E-state index contributed by atoms with van der Waals surface area (Å²) in [6, 6.07) is 5.19. The molecule has 1 aromatic heterocycles. The molecule has 1 N–H and O–H groups in total. The first-order valence-electron chi connectivity index (χ1n) is 7.54. The molecule has 2 rings (SSSR count). The van der Waals surface area contributed by atoms with Crippen LogP contribution >= 0.6 is 0 Å². The van der Waals surface area contributed by atoms with Gasteiger partial charge in [-0.2, -0.15) is 18.2 Å². The summed E-state index contributed by atoms with van der Waals surface area (Å²) in [5.41, 5.74) is 0.00605. The number of benzene rings is 1. The maximum atomic E-state index is 12.7. The van der Waals surface area contributed by atoms with E-state index in [0.717, 1.165) is 6.07 Å². The van der Waals surface area contributed by atoms with Gasteiger partial charge in [-0.1, -0.05) is 30.3 Å². The Labute approximate surface area is 133 Å². The van der Waals surface area contributed by atoms with E-state index in [1.54, 1.807) is 6.07 Å². The lowest BCUT2D eigenvalue weighted by atomic mass is 10.0. The molecule has 0 saturated carbocycles. The fourth-order valence-electron chi connectivity index (χ4n) is 2.37. The molecule has 0 spiro atoms. The molecule has 0 radical (unpaired) electrons. The van der Waals surface area contributed by atoms with Crippen LogP contribution in [-0.4, -0.2) is 16.2 Å². The number of nitrogens with one attached hydrogen (secondary N) is 1. The van der Waals surface area contributed by atoms with Crippen LogP contribution in [0, 0.1) is 0 Å². The summed E-state index contributed by atoms with van der Waals surface area (Å²) in [6.45, 7) is 5.73. The summed E-state index contributed by atoms with van der Waals surface area (Å²) in [7, 11) is 0. The van der Waals surface area contributed by atoms with E-state index in [0.29, 0.717) is 30.1 Å². The molecule has 0 fully saturated rings. The van der Waals surface area contributed by atoms with Gasteiger partial charge in [0.15, 0.2) is 5.82 Å². The molecule has 0 unspecified atom stereocenters. The van der Waals surface area contributed by atoms with Crippen molar-refractivity contribution in [3.8, 4) is 0 Å². The Balaban J connectivity index is 1.97. The quantitative estimate of drug-likeness (QED) is 0.873. The Bertz CT molecular complexity index is 639. The fourth-order valence-corrected chi connectivity index (χ4v) is 2.37. The smallest absolute Gasteiger partial charge is 0.338 e. The highest BCUT2D eigenvalue weighted by molar-refractivity contribution is 5.26. The highest BCUT2D eigenvalue weighted by Crippen LogP contribution is 2.29. The largest absolute Gasteiger partial charge is 0.416 e. The molecular weight excluding hydrogens is 307 g/mol. The van der Waals surface area contributed by atoms with Crippen molar-refractivity contribution in [3.63, 3.8) is 0 Å². The lowest BCUT2D eigenvalue weighted by molar-refractivity contribution is -0.137. The molecule has 0 aliphatic rings. The minimum absolute atomic E-state index is 0.0366.